The minimum atomic E-state index is -0.266. The Balaban J connectivity index is 4.58. The zero-order chi connectivity index (χ0) is 9.61. The van der Waals surface area contributed by atoms with Crippen molar-refractivity contribution in [2.45, 2.75) is 32.2 Å². The lowest BCUT2D eigenvalue weighted by Gasteiger charge is -2.28. The number of hydrogen-bond acceptors (Lipinski definition) is 1. The Hall–Kier alpha value is -0.820. The molecule has 12 heavy (non-hydrogen) atoms. The van der Waals surface area contributed by atoms with Crippen LogP contribution in [0.1, 0.15) is 26.7 Å². The topological polar surface area (TPSA) is 26.0 Å². The minimum Gasteiger partial charge on any atom is -0.321 e. The Morgan fingerprint density at radius 1 is 1.33 bits per heavy atom. The lowest BCUT2D eigenvalue weighted by Crippen LogP contribution is -2.39. The predicted octanol–water partition coefficient (Wildman–Crippen LogP) is 2.80. The summed E-state index contributed by atoms with van der Waals surface area (Å²) in [5.41, 5.74) is 7.09. The van der Waals surface area contributed by atoms with Gasteiger partial charge < -0.3 is 5.73 Å². The first-order chi connectivity index (χ1) is 5.60. The van der Waals surface area contributed by atoms with Crippen LogP contribution in [0, 0.1) is 0 Å². The van der Waals surface area contributed by atoms with Crippen LogP contribution in [0.4, 0.5) is 0 Å². The number of hydrogen-bond donors (Lipinski definition) is 1. The maximum atomic E-state index is 6.16. The predicted molar refractivity (Wildman–Crippen MR) is 56.0 cm³/mol. The SMILES string of the molecule is C=CCC(N)(CC=C)C(C)=CC. The molecule has 0 radical (unpaired) electrons. The smallest absolute Gasteiger partial charge is 0.0435 e. The molecule has 1 nitrogen and oxygen atoms in total. The van der Waals surface area contributed by atoms with Gasteiger partial charge in [0.15, 0.2) is 0 Å². The van der Waals surface area contributed by atoms with Crippen LogP contribution in [0.3, 0.4) is 0 Å². The Morgan fingerprint density at radius 3 is 2.00 bits per heavy atom. The molecular formula is C11H19N. The van der Waals surface area contributed by atoms with Gasteiger partial charge >= 0.3 is 0 Å². The molecule has 0 amide bonds. The molecule has 0 fully saturated rings. The quantitative estimate of drug-likeness (QED) is 0.623. The first-order valence-corrected chi connectivity index (χ1v) is 4.24. The van der Waals surface area contributed by atoms with E-state index in [-0.39, 0.29) is 5.54 Å². The van der Waals surface area contributed by atoms with E-state index in [9.17, 15) is 0 Å². The van der Waals surface area contributed by atoms with Crippen LogP contribution in [-0.2, 0) is 0 Å². The highest BCUT2D eigenvalue weighted by atomic mass is 14.7. The number of allylic oxidation sites excluding steroid dienone is 1. The Labute approximate surface area is 75.7 Å². The first kappa shape index (κ1) is 11.2. The van der Waals surface area contributed by atoms with E-state index in [0.29, 0.717) is 0 Å². The van der Waals surface area contributed by atoms with Crippen LogP contribution in [0.15, 0.2) is 37.0 Å². The largest absolute Gasteiger partial charge is 0.321 e. The summed E-state index contributed by atoms with van der Waals surface area (Å²) in [6, 6.07) is 0. The molecule has 0 rings (SSSR count). The van der Waals surface area contributed by atoms with Gasteiger partial charge in [0.25, 0.3) is 0 Å². The average molecular weight is 165 g/mol. The monoisotopic (exact) mass is 165 g/mol. The summed E-state index contributed by atoms with van der Waals surface area (Å²) in [5, 5.41) is 0. The molecule has 0 aromatic rings. The van der Waals surface area contributed by atoms with Crippen LogP contribution < -0.4 is 5.73 Å². The fourth-order valence-corrected chi connectivity index (χ4v) is 1.21. The van der Waals surface area contributed by atoms with Gasteiger partial charge in [-0.25, -0.2) is 0 Å². The molecule has 0 saturated carbocycles. The molecule has 0 aromatic heterocycles. The zero-order valence-corrected chi connectivity index (χ0v) is 8.14. The second-order valence-electron chi connectivity index (χ2n) is 3.11. The van der Waals surface area contributed by atoms with E-state index in [1.54, 1.807) is 0 Å². The van der Waals surface area contributed by atoms with Crippen molar-refractivity contribution in [2.75, 3.05) is 0 Å². The molecule has 0 aromatic carbocycles. The summed E-state index contributed by atoms with van der Waals surface area (Å²) in [6.07, 6.45) is 7.37. The van der Waals surface area contributed by atoms with Gasteiger partial charge in [-0.1, -0.05) is 23.8 Å². The standard InChI is InChI=1S/C11H19N/c1-5-8-11(12,9-6-2)10(4)7-3/h5-7H,1-2,8-9,12H2,3-4H3. The van der Waals surface area contributed by atoms with Gasteiger partial charge in [0.1, 0.15) is 0 Å². The zero-order valence-electron chi connectivity index (χ0n) is 8.14. The van der Waals surface area contributed by atoms with Gasteiger partial charge in [0.05, 0.1) is 0 Å². The highest BCUT2D eigenvalue weighted by Gasteiger charge is 2.22. The molecule has 0 bridgehead atoms. The van der Waals surface area contributed by atoms with Crippen molar-refractivity contribution in [1.82, 2.24) is 0 Å². The second kappa shape index (κ2) is 4.94. The van der Waals surface area contributed by atoms with Crippen molar-refractivity contribution in [3.63, 3.8) is 0 Å². The molecule has 0 aliphatic rings. The molecule has 0 atom stereocenters. The molecule has 68 valence electrons. The number of rotatable bonds is 5. The van der Waals surface area contributed by atoms with E-state index in [1.165, 1.54) is 5.57 Å². The Morgan fingerprint density at radius 2 is 1.75 bits per heavy atom. The molecule has 0 heterocycles. The van der Waals surface area contributed by atoms with Crippen LogP contribution in [0.25, 0.3) is 0 Å². The molecule has 2 N–H and O–H groups in total. The molecule has 0 saturated heterocycles. The summed E-state index contributed by atoms with van der Waals surface area (Å²) in [7, 11) is 0. The third kappa shape index (κ3) is 2.67. The fraction of sp³-hybridized carbons (Fsp3) is 0.455. The minimum absolute atomic E-state index is 0.266. The van der Waals surface area contributed by atoms with Crippen molar-refractivity contribution < 1.29 is 0 Å². The van der Waals surface area contributed by atoms with Crippen molar-refractivity contribution in [3.8, 4) is 0 Å². The number of nitrogens with two attached hydrogens (primary N) is 1. The third-order valence-electron chi connectivity index (χ3n) is 2.24. The molecule has 0 unspecified atom stereocenters. The summed E-state index contributed by atoms with van der Waals surface area (Å²) < 4.78 is 0. The van der Waals surface area contributed by atoms with Crippen molar-refractivity contribution in [1.29, 1.82) is 0 Å². The van der Waals surface area contributed by atoms with Crippen molar-refractivity contribution >= 4 is 0 Å². The Bertz CT molecular complexity index is 179. The van der Waals surface area contributed by atoms with Gasteiger partial charge in [-0.2, -0.15) is 0 Å². The fourth-order valence-electron chi connectivity index (χ4n) is 1.21. The average Bonchev–Trinajstić information content (AvgIpc) is 2.04. The molecule has 0 aliphatic carbocycles. The van der Waals surface area contributed by atoms with Gasteiger partial charge in [-0.15, -0.1) is 13.2 Å². The molecule has 1 heteroatoms. The molecular weight excluding hydrogens is 146 g/mol. The summed E-state index contributed by atoms with van der Waals surface area (Å²) in [5.74, 6) is 0. The van der Waals surface area contributed by atoms with E-state index < -0.39 is 0 Å². The van der Waals surface area contributed by atoms with E-state index in [1.807, 2.05) is 32.1 Å². The van der Waals surface area contributed by atoms with Gasteiger partial charge in [0.2, 0.25) is 0 Å². The van der Waals surface area contributed by atoms with E-state index in [2.05, 4.69) is 13.2 Å². The van der Waals surface area contributed by atoms with E-state index >= 15 is 0 Å². The van der Waals surface area contributed by atoms with Gasteiger partial charge in [-0.05, 0) is 26.7 Å². The van der Waals surface area contributed by atoms with Gasteiger partial charge in [-0.3, -0.25) is 0 Å². The first-order valence-electron chi connectivity index (χ1n) is 4.24. The Kier molecular flexibility index (Phi) is 4.60. The van der Waals surface area contributed by atoms with E-state index in [0.717, 1.165) is 12.8 Å². The summed E-state index contributed by atoms with van der Waals surface area (Å²) >= 11 is 0. The second-order valence-corrected chi connectivity index (χ2v) is 3.11. The van der Waals surface area contributed by atoms with Gasteiger partial charge in [0, 0.05) is 5.54 Å². The summed E-state index contributed by atoms with van der Waals surface area (Å²) in [4.78, 5) is 0. The van der Waals surface area contributed by atoms with Crippen LogP contribution in [0.5, 0.6) is 0 Å². The van der Waals surface area contributed by atoms with Crippen LogP contribution in [0.2, 0.25) is 0 Å². The normalized spacial score (nSPS) is 12.8. The maximum Gasteiger partial charge on any atom is 0.0435 e. The third-order valence-corrected chi connectivity index (χ3v) is 2.24. The molecule has 0 aliphatic heterocycles. The van der Waals surface area contributed by atoms with Crippen molar-refractivity contribution in [3.05, 3.63) is 37.0 Å². The lowest BCUT2D eigenvalue weighted by atomic mass is 9.85. The summed E-state index contributed by atoms with van der Waals surface area (Å²) in [6.45, 7) is 11.5. The van der Waals surface area contributed by atoms with Crippen LogP contribution in [-0.4, -0.2) is 5.54 Å². The molecule has 0 spiro atoms. The van der Waals surface area contributed by atoms with E-state index in [4.69, 9.17) is 5.73 Å². The van der Waals surface area contributed by atoms with Crippen LogP contribution >= 0.6 is 0 Å². The maximum absolute atomic E-state index is 6.16. The highest BCUT2D eigenvalue weighted by Crippen LogP contribution is 2.22. The van der Waals surface area contributed by atoms with Crippen molar-refractivity contribution in [2.24, 2.45) is 5.73 Å². The highest BCUT2D eigenvalue weighted by molar-refractivity contribution is 5.19. The lowest BCUT2D eigenvalue weighted by molar-refractivity contribution is 0.510.